The van der Waals surface area contributed by atoms with E-state index in [9.17, 15) is 4.79 Å². The lowest BCUT2D eigenvalue weighted by Crippen LogP contribution is -2.53. The van der Waals surface area contributed by atoms with Crippen LogP contribution in [-0.4, -0.2) is 12.1 Å². The van der Waals surface area contributed by atoms with Crippen LogP contribution in [0.4, 0.5) is 0 Å². The molecule has 2 heteroatoms. The summed E-state index contributed by atoms with van der Waals surface area (Å²) in [5, 5.41) is 0. The highest BCUT2D eigenvalue weighted by atomic mass is 16.5. The van der Waals surface area contributed by atoms with Crippen LogP contribution in [0.1, 0.15) is 106 Å². The monoisotopic (exact) mass is 454 g/mol. The molecule has 186 valence electrons. The summed E-state index contributed by atoms with van der Waals surface area (Å²) in [5.74, 6) is 4.78. The Morgan fingerprint density at radius 1 is 1.09 bits per heavy atom. The Bertz CT molecular complexity index is 793. The fraction of sp³-hybridized carbons (Fsp3) is 0.839. The summed E-state index contributed by atoms with van der Waals surface area (Å²) >= 11 is 0. The maximum atomic E-state index is 11.6. The highest BCUT2D eigenvalue weighted by Gasteiger charge is 2.59. The average Bonchev–Trinajstić information content (AvgIpc) is 3.11. The Balaban J connectivity index is 1.51. The van der Waals surface area contributed by atoms with Crippen molar-refractivity contribution in [1.29, 1.82) is 0 Å². The van der Waals surface area contributed by atoms with E-state index >= 15 is 0 Å². The first-order valence-electron chi connectivity index (χ1n) is 14.0. The van der Waals surface area contributed by atoms with Crippen molar-refractivity contribution in [2.24, 2.45) is 52.3 Å². The van der Waals surface area contributed by atoms with Gasteiger partial charge in [0.25, 0.3) is 0 Å². The number of fused-ring (bicyclic) bond motifs is 5. The summed E-state index contributed by atoms with van der Waals surface area (Å²) in [6.07, 6.45) is 14.3. The van der Waals surface area contributed by atoms with Crippen LogP contribution >= 0.6 is 0 Å². The molecular weight excluding hydrogens is 404 g/mol. The molecule has 0 N–H and O–H groups in total. The minimum Gasteiger partial charge on any atom is -0.462 e. The highest BCUT2D eigenvalue weighted by Crippen LogP contribution is 2.67. The molecule has 0 amide bonds. The molecule has 33 heavy (non-hydrogen) atoms. The first-order valence-corrected chi connectivity index (χ1v) is 14.0. The van der Waals surface area contributed by atoms with E-state index < -0.39 is 0 Å². The number of hydrogen-bond acceptors (Lipinski definition) is 2. The van der Waals surface area contributed by atoms with Crippen LogP contribution < -0.4 is 0 Å². The normalized spacial score (nSPS) is 43.2. The molecule has 0 aromatic carbocycles. The molecule has 0 bridgehead atoms. The Morgan fingerprint density at radius 2 is 1.76 bits per heavy atom. The van der Waals surface area contributed by atoms with Crippen molar-refractivity contribution in [2.75, 3.05) is 0 Å². The van der Waals surface area contributed by atoms with Crippen LogP contribution in [-0.2, 0) is 9.53 Å². The molecule has 0 aliphatic heterocycles. The molecule has 0 unspecified atom stereocenters. The molecule has 0 aromatic rings. The molecule has 9 atom stereocenters. The minimum atomic E-state index is -0.112. The summed E-state index contributed by atoms with van der Waals surface area (Å²) in [5.41, 5.74) is 4.12. The van der Waals surface area contributed by atoms with E-state index in [0.29, 0.717) is 28.6 Å². The number of carbonyl (C=O) groups excluding carboxylic acids is 1. The van der Waals surface area contributed by atoms with Crippen molar-refractivity contribution >= 4 is 5.97 Å². The molecule has 4 rings (SSSR count). The van der Waals surface area contributed by atoms with E-state index in [1.165, 1.54) is 56.9 Å². The number of esters is 1. The van der Waals surface area contributed by atoms with E-state index in [4.69, 9.17) is 4.74 Å². The van der Waals surface area contributed by atoms with E-state index in [2.05, 4.69) is 54.2 Å². The summed E-state index contributed by atoms with van der Waals surface area (Å²) in [4.78, 5) is 11.6. The zero-order chi connectivity index (χ0) is 24.1. The largest absolute Gasteiger partial charge is 0.462 e. The van der Waals surface area contributed by atoms with Crippen molar-refractivity contribution in [2.45, 2.75) is 112 Å². The van der Waals surface area contributed by atoms with Crippen molar-refractivity contribution in [3.05, 3.63) is 23.8 Å². The Labute approximate surface area is 204 Å². The first kappa shape index (κ1) is 25.1. The van der Waals surface area contributed by atoms with Crippen molar-refractivity contribution in [3.8, 4) is 0 Å². The number of hydrogen-bond donors (Lipinski definition) is 0. The van der Waals surface area contributed by atoms with Gasteiger partial charge in [-0.2, -0.15) is 0 Å². The van der Waals surface area contributed by atoms with Gasteiger partial charge in [0.2, 0.25) is 0 Å². The molecule has 0 saturated heterocycles. The molecule has 0 heterocycles. The lowest BCUT2D eigenvalue weighted by atomic mass is 9.46. The minimum absolute atomic E-state index is 0.112. The molecule has 2 nitrogen and oxygen atoms in total. The van der Waals surface area contributed by atoms with E-state index in [1.807, 2.05) is 5.57 Å². The van der Waals surface area contributed by atoms with Gasteiger partial charge in [0.05, 0.1) is 0 Å². The Morgan fingerprint density at radius 3 is 2.42 bits per heavy atom. The highest BCUT2D eigenvalue weighted by molar-refractivity contribution is 5.66. The van der Waals surface area contributed by atoms with Gasteiger partial charge in [-0.25, -0.2) is 0 Å². The quantitative estimate of drug-likeness (QED) is 0.297. The second kappa shape index (κ2) is 9.19. The van der Waals surface area contributed by atoms with Crippen LogP contribution in [0, 0.1) is 52.3 Å². The van der Waals surface area contributed by atoms with Crippen LogP contribution in [0.2, 0.25) is 0 Å². The molecule has 3 saturated carbocycles. The predicted octanol–water partition coefficient (Wildman–Crippen LogP) is 8.37. The van der Waals surface area contributed by atoms with E-state index in [1.54, 1.807) is 6.92 Å². The van der Waals surface area contributed by atoms with Crippen LogP contribution in [0.5, 0.6) is 0 Å². The SMILES string of the molecule is C=C(CC[C@@H](C)[C@H]1CC[C@H]2C3=CC[C@H]4[C@H](C)[C@@H](OC(C)=O)CC[C@@]4(C)[C@@H]3CC[C@@]12C)C(C)C. The van der Waals surface area contributed by atoms with Crippen LogP contribution in [0.25, 0.3) is 0 Å². The third kappa shape index (κ3) is 4.27. The van der Waals surface area contributed by atoms with Gasteiger partial charge in [0.15, 0.2) is 0 Å². The summed E-state index contributed by atoms with van der Waals surface area (Å²) in [6.45, 7) is 20.6. The standard InChI is InChI=1S/C31H50O2/c1-19(2)20(3)9-10-21(4)25-13-14-27-24-11-12-26-22(5)29(33-23(6)32)16-18-31(26,8)28(24)15-17-30(25,27)7/h11,19,21-22,25-29H,3,9-10,12-18H2,1-2,4-8H3/t21-,22+,25-,26+,27+,28-,29+,30+,31-/m1/s1. The molecule has 4 aliphatic rings. The molecule has 0 spiro atoms. The van der Waals surface area contributed by atoms with E-state index in [0.717, 1.165) is 30.1 Å². The fourth-order valence-corrected chi connectivity index (χ4v) is 9.19. The summed E-state index contributed by atoms with van der Waals surface area (Å²) in [6, 6.07) is 0. The van der Waals surface area contributed by atoms with Crippen LogP contribution in [0.3, 0.4) is 0 Å². The zero-order valence-electron chi connectivity index (χ0n) is 22.6. The molecule has 0 aromatic heterocycles. The summed E-state index contributed by atoms with van der Waals surface area (Å²) < 4.78 is 5.75. The lowest BCUT2D eigenvalue weighted by molar-refractivity contribution is -0.158. The lowest BCUT2D eigenvalue weighted by Gasteiger charge is -2.59. The number of ether oxygens (including phenoxy) is 1. The number of allylic oxidation sites excluding steroid dienone is 3. The zero-order valence-corrected chi connectivity index (χ0v) is 22.6. The third-order valence-corrected chi connectivity index (χ3v) is 11.4. The van der Waals surface area contributed by atoms with E-state index in [-0.39, 0.29) is 12.1 Å². The van der Waals surface area contributed by atoms with Crippen LogP contribution in [0.15, 0.2) is 23.8 Å². The van der Waals surface area contributed by atoms with Gasteiger partial charge in [-0.15, -0.1) is 0 Å². The van der Waals surface area contributed by atoms with Crippen molar-refractivity contribution < 1.29 is 9.53 Å². The second-order valence-electron chi connectivity index (χ2n) is 13.3. The first-order chi connectivity index (χ1) is 15.5. The van der Waals surface area contributed by atoms with Crippen molar-refractivity contribution in [1.82, 2.24) is 0 Å². The third-order valence-electron chi connectivity index (χ3n) is 11.4. The molecule has 4 aliphatic carbocycles. The molecule has 0 radical (unpaired) electrons. The van der Waals surface area contributed by atoms with Gasteiger partial charge in [0.1, 0.15) is 6.10 Å². The fourth-order valence-electron chi connectivity index (χ4n) is 9.19. The van der Waals surface area contributed by atoms with Crippen molar-refractivity contribution in [3.63, 3.8) is 0 Å². The summed E-state index contributed by atoms with van der Waals surface area (Å²) in [7, 11) is 0. The maximum absolute atomic E-state index is 11.6. The molecular formula is C31H50O2. The maximum Gasteiger partial charge on any atom is 0.302 e. The Kier molecular flexibility index (Phi) is 6.98. The topological polar surface area (TPSA) is 26.3 Å². The second-order valence-corrected chi connectivity index (χ2v) is 13.3. The van der Waals surface area contributed by atoms with Gasteiger partial charge >= 0.3 is 5.97 Å². The van der Waals surface area contributed by atoms with Gasteiger partial charge in [0, 0.05) is 6.92 Å². The number of carbonyl (C=O) groups is 1. The average molecular weight is 455 g/mol. The molecule has 3 fully saturated rings. The van der Waals surface area contributed by atoms with Gasteiger partial charge in [-0.1, -0.05) is 65.3 Å². The smallest absolute Gasteiger partial charge is 0.302 e. The van der Waals surface area contributed by atoms with Gasteiger partial charge in [-0.3, -0.25) is 4.79 Å². The van der Waals surface area contributed by atoms with Gasteiger partial charge in [-0.05, 0) is 110 Å². The van der Waals surface area contributed by atoms with Gasteiger partial charge < -0.3 is 4.74 Å². The number of rotatable bonds is 6. The predicted molar refractivity (Wildman–Crippen MR) is 138 cm³/mol. The Hall–Kier alpha value is -1.05.